The van der Waals surface area contributed by atoms with Gasteiger partial charge in [-0.15, -0.1) is 0 Å². The predicted molar refractivity (Wildman–Crippen MR) is 91.7 cm³/mol. The molecule has 0 saturated carbocycles. The van der Waals surface area contributed by atoms with Crippen molar-refractivity contribution >= 4 is 15.9 Å². The van der Waals surface area contributed by atoms with Crippen LogP contribution in [0.4, 0.5) is 0 Å². The number of likely N-dealkylation sites (tertiary alicyclic amines) is 1. The van der Waals surface area contributed by atoms with E-state index >= 15 is 0 Å². The quantitative estimate of drug-likeness (QED) is 0.720. The Balaban J connectivity index is 1.74. The summed E-state index contributed by atoms with van der Waals surface area (Å²) >= 11 is 0. The van der Waals surface area contributed by atoms with E-state index in [0.29, 0.717) is 38.5 Å². The van der Waals surface area contributed by atoms with Gasteiger partial charge in [-0.05, 0) is 51.7 Å². The Morgan fingerprint density at radius 3 is 2.13 bits per heavy atom. The van der Waals surface area contributed by atoms with Crippen molar-refractivity contribution in [3.05, 3.63) is 0 Å². The summed E-state index contributed by atoms with van der Waals surface area (Å²) in [5, 5.41) is 0. The van der Waals surface area contributed by atoms with Gasteiger partial charge in [0.15, 0.2) is 0 Å². The molecule has 134 valence electrons. The SMILES string of the molecule is CCCN1CCC(CC(=O)N2CCN(S(=O)(=O)CC)CC2)CC1. The second kappa shape index (κ2) is 8.44. The molecule has 0 N–H and O–H groups in total. The van der Waals surface area contributed by atoms with Gasteiger partial charge in [-0.2, -0.15) is 4.31 Å². The number of piperidine rings is 1. The van der Waals surface area contributed by atoms with Crippen LogP contribution in [0, 0.1) is 5.92 Å². The summed E-state index contributed by atoms with van der Waals surface area (Å²) < 4.78 is 25.2. The van der Waals surface area contributed by atoms with Crippen LogP contribution >= 0.6 is 0 Å². The summed E-state index contributed by atoms with van der Waals surface area (Å²) in [4.78, 5) is 16.8. The molecule has 0 aromatic carbocycles. The summed E-state index contributed by atoms with van der Waals surface area (Å²) in [6, 6.07) is 0. The van der Waals surface area contributed by atoms with E-state index < -0.39 is 10.0 Å². The highest BCUT2D eigenvalue weighted by Crippen LogP contribution is 2.22. The lowest BCUT2D eigenvalue weighted by Gasteiger charge is -2.36. The summed E-state index contributed by atoms with van der Waals surface area (Å²) in [5.41, 5.74) is 0. The Labute approximate surface area is 140 Å². The fourth-order valence-electron chi connectivity index (χ4n) is 3.50. The smallest absolute Gasteiger partial charge is 0.222 e. The van der Waals surface area contributed by atoms with Crippen molar-refractivity contribution in [1.29, 1.82) is 0 Å². The van der Waals surface area contributed by atoms with E-state index in [9.17, 15) is 13.2 Å². The van der Waals surface area contributed by atoms with Crippen LogP contribution < -0.4 is 0 Å². The molecule has 7 heteroatoms. The summed E-state index contributed by atoms with van der Waals surface area (Å²) in [6.45, 7) is 9.19. The fraction of sp³-hybridized carbons (Fsp3) is 0.938. The molecular weight excluding hydrogens is 314 g/mol. The average Bonchev–Trinajstić information content (AvgIpc) is 2.57. The normalized spacial score (nSPS) is 22.4. The lowest BCUT2D eigenvalue weighted by Crippen LogP contribution is -2.51. The van der Waals surface area contributed by atoms with E-state index in [1.807, 2.05) is 4.90 Å². The summed E-state index contributed by atoms with van der Waals surface area (Å²) in [7, 11) is -3.12. The van der Waals surface area contributed by atoms with Crippen LogP contribution in [0.3, 0.4) is 0 Å². The maximum Gasteiger partial charge on any atom is 0.222 e. The van der Waals surface area contributed by atoms with Gasteiger partial charge in [-0.25, -0.2) is 8.42 Å². The Bertz CT molecular complexity index is 479. The van der Waals surface area contributed by atoms with Crippen LogP contribution in [-0.4, -0.2) is 80.0 Å². The standard InChI is InChI=1S/C16H31N3O3S/c1-3-7-17-8-5-15(6-9-17)14-16(20)18-10-12-19(13-11-18)23(21,22)4-2/h15H,3-14H2,1-2H3. The van der Waals surface area contributed by atoms with Gasteiger partial charge in [0.05, 0.1) is 5.75 Å². The van der Waals surface area contributed by atoms with Crippen LogP contribution in [0.5, 0.6) is 0 Å². The van der Waals surface area contributed by atoms with Crippen LogP contribution in [0.15, 0.2) is 0 Å². The minimum Gasteiger partial charge on any atom is -0.340 e. The Hall–Kier alpha value is -0.660. The first-order valence-electron chi connectivity index (χ1n) is 8.94. The van der Waals surface area contributed by atoms with E-state index in [0.717, 1.165) is 32.5 Å². The van der Waals surface area contributed by atoms with E-state index in [1.165, 1.54) is 10.7 Å². The van der Waals surface area contributed by atoms with Crippen molar-refractivity contribution in [2.45, 2.75) is 39.5 Å². The van der Waals surface area contributed by atoms with Crippen molar-refractivity contribution in [2.24, 2.45) is 5.92 Å². The molecule has 0 aromatic rings. The third kappa shape index (κ3) is 5.16. The zero-order valence-electron chi connectivity index (χ0n) is 14.5. The topological polar surface area (TPSA) is 60.9 Å². The number of rotatable bonds is 6. The van der Waals surface area contributed by atoms with E-state index in [1.54, 1.807) is 6.92 Å². The van der Waals surface area contributed by atoms with Crippen molar-refractivity contribution in [3.63, 3.8) is 0 Å². The fourth-order valence-corrected chi connectivity index (χ4v) is 4.59. The second-order valence-electron chi connectivity index (χ2n) is 6.67. The van der Waals surface area contributed by atoms with Gasteiger partial charge in [0.1, 0.15) is 0 Å². The molecule has 2 aliphatic heterocycles. The Kier molecular flexibility index (Phi) is 6.85. The maximum atomic E-state index is 12.4. The van der Waals surface area contributed by atoms with Crippen molar-refractivity contribution in [3.8, 4) is 0 Å². The lowest BCUT2D eigenvalue weighted by atomic mass is 9.93. The third-order valence-corrected chi connectivity index (χ3v) is 6.94. The van der Waals surface area contributed by atoms with Gasteiger partial charge < -0.3 is 9.80 Å². The molecule has 1 amide bonds. The number of hydrogen-bond acceptors (Lipinski definition) is 4. The van der Waals surface area contributed by atoms with Crippen molar-refractivity contribution in [2.75, 3.05) is 51.6 Å². The Morgan fingerprint density at radius 2 is 1.61 bits per heavy atom. The third-order valence-electron chi connectivity index (χ3n) is 5.06. The van der Waals surface area contributed by atoms with Crippen LogP contribution in [0.25, 0.3) is 0 Å². The first kappa shape index (κ1) is 18.7. The van der Waals surface area contributed by atoms with E-state index in [4.69, 9.17) is 0 Å². The number of carbonyl (C=O) groups excluding carboxylic acids is 1. The molecule has 0 aromatic heterocycles. The molecule has 2 rings (SSSR count). The van der Waals surface area contributed by atoms with Gasteiger partial charge >= 0.3 is 0 Å². The lowest BCUT2D eigenvalue weighted by molar-refractivity contribution is -0.133. The summed E-state index contributed by atoms with van der Waals surface area (Å²) in [6.07, 6.45) is 4.03. The second-order valence-corrected chi connectivity index (χ2v) is 8.93. The molecule has 0 aliphatic carbocycles. The first-order chi connectivity index (χ1) is 11.0. The maximum absolute atomic E-state index is 12.4. The molecule has 0 atom stereocenters. The minimum atomic E-state index is -3.12. The molecule has 0 radical (unpaired) electrons. The van der Waals surface area contributed by atoms with Crippen LogP contribution in [-0.2, 0) is 14.8 Å². The molecule has 0 bridgehead atoms. The number of nitrogens with zero attached hydrogens (tertiary/aromatic N) is 3. The van der Waals surface area contributed by atoms with E-state index in [2.05, 4.69) is 11.8 Å². The highest BCUT2D eigenvalue weighted by Gasteiger charge is 2.29. The molecule has 0 unspecified atom stereocenters. The number of sulfonamides is 1. The molecular formula is C16H31N3O3S. The van der Waals surface area contributed by atoms with Crippen LogP contribution in [0.1, 0.15) is 39.5 Å². The number of piperazine rings is 1. The average molecular weight is 346 g/mol. The minimum absolute atomic E-state index is 0.136. The monoisotopic (exact) mass is 345 g/mol. The summed E-state index contributed by atoms with van der Waals surface area (Å²) in [5.74, 6) is 0.831. The van der Waals surface area contributed by atoms with Crippen molar-refractivity contribution in [1.82, 2.24) is 14.1 Å². The number of amides is 1. The number of hydrogen-bond donors (Lipinski definition) is 0. The largest absolute Gasteiger partial charge is 0.340 e. The van der Waals surface area contributed by atoms with E-state index in [-0.39, 0.29) is 11.7 Å². The zero-order chi connectivity index (χ0) is 16.9. The molecule has 2 aliphatic rings. The molecule has 23 heavy (non-hydrogen) atoms. The van der Waals surface area contributed by atoms with Crippen molar-refractivity contribution < 1.29 is 13.2 Å². The van der Waals surface area contributed by atoms with Gasteiger partial charge in [0.25, 0.3) is 0 Å². The predicted octanol–water partition coefficient (Wildman–Crippen LogP) is 0.992. The first-order valence-corrected chi connectivity index (χ1v) is 10.5. The number of carbonyl (C=O) groups is 1. The van der Waals surface area contributed by atoms with Gasteiger partial charge in [-0.3, -0.25) is 4.79 Å². The molecule has 2 saturated heterocycles. The van der Waals surface area contributed by atoms with Gasteiger partial charge in [0.2, 0.25) is 15.9 Å². The van der Waals surface area contributed by atoms with Gasteiger partial charge in [0, 0.05) is 32.6 Å². The molecule has 2 fully saturated rings. The van der Waals surface area contributed by atoms with Gasteiger partial charge in [-0.1, -0.05) is 6.92 Å². The molecule has 0 spiro atoms. The zero-order valence-corrected chi connectivity index (χ0v) is 15.4. The highest BCUT2D eigenvalue weighted by molar-refractivity contribution is 7.89. The molecule has 2 heterocycles. The Morgan fingerprint density at radius 1 is 1.00 bits per heavy atom. The highest BCUT2D eigenvalue weighted by atomic mass is 32.2. The van der Waals surface area contributed by atoms with Crippen LogP contribution in [0.2, 0.25) is 0 Å². The molecule has 6 nitrogen and oxygen atoms in total.